The van der Waals surface area contributed by atoms with Crippen LogP contribution in [0.15, 0.2) is 18.2 Å². The van der Waals surface area contributed by atoms with Crippen LogP contribution in [0.4, 0.5) is 4.39 Å². The van der Waals surface area contributed by atoms with Gasteiger partial charge in [0.1, 0.15) is 12.4 Å². The van der Waals surface area contributed by atoms with Crippen LogP contribution >= 0.6 is 11.8 Å². The summed E-state index contributed by atoms with van der Waals surface area (Å²) in [4.78, 5) is 12.1. The van der Waals surface area contributed by atoms with Crippen LogP contribution in [0.5, 0.6) is 0 Å². The fourth-order valence-electron chi connectivity index (χ4n) is 1.55. The number of hydrogen-bond donors (Lipinski definition) is 2. The number of rotatable bonds is 4. The van der Waals surface area contributed by atoms with E-state index in [1.165, 1.54) is 18.2 Å². The molecule has 0 fully saturated rings. The van der Waals surface area contributed by atoms with Crippen molar-refractivity contribution < 1.29 is 14.3 Å². The number of hydrogen-bond acceptors (Lipinski definition) is 3. The molecule has 0 aliphatic carbocycles. The third-order valence-electron chi connectivity index (χ3n) is 2.32. The zero-order valence-electron chi connectivity index (χ0n) is 10.9. The van der Waals surface area contributed by atoms with Gasteiger partial charge >= 0.3 is 0 Å². The Morgan fingerprint density at radius 2 is 2.32 bits per heavy atom. The largest absolute Gasteiger partial charge is 0.384 e. The zero-order chi connectivity index (χ0) is 14.3. The van der Waals surface area contributed by atoms with E-state index in [9.17, 15) is 9.18 Å². The molecule has 0 aliphatic heterocycles. The molecular formula is C14H16FNO2S. The summed E-state index contributed by atoms with van der Waals surface area (Å²) >= 11 is 1.63. The lowest BCUT2D eigenvalue weighted by molar-refractivity contribution is 0.0943. The predicted octanol–water partition coefficient (Wildman–Crippen LogP) is 1.65. The normalized spacial score (nSPS) is 11.4. The Hall–Kier alpha value is -1.51. The molecule has 1 amide bonds. The highest BCUT2D eigenvalue weighted by Crippen LogP contribution is 2.11. The van der Waals surface area contributed by atoms with Gasteiger partial charge in [0.25, 0.3) is 5.91 Å². The molecule has 19 heavy (non-hydrogen) atoms. The van der Waals surface area contributed by atoms with Gasteiger partial charge in [-0.25, -0.2) is 4.39 Å². The summed E-state index contributed by atoms with van der Waals surface area (Å²) in [5.74, 6) is 5.05. The monoisotopic (exact) mass is 281 g/mol. The van der Waals surface area contributed by atoms with Gasteiger partial charge in [0, 0.05) is 17.4 Å². The van der Waals surface area contributed by atoms with Gasteiger partial charge in [-0.1, -0.05) is 11.8 Å². The van der Waals surface area contributed by atoms with Crippen LogP contribution in [0, 0.1) is 17.7 Å². The third kappa shape index (κ3) is 4.93. The molecule has 1 rings (SSSR count). The summed E-state index contributed by atoms with van der Waals surface area (Å²) in [6.45, 7) is 1.57. The number of carbonyl (C=O) groups excluding carboxylic acids is 1. The van der Waals surface area contributed by atoms with E-state index in [-0.39, 0.29) is 24.1 Å². The Morgan fingerprint density at radius 3 is 2.95 bits per heavy atom. The topological polar surface area (TPSA) is 49.3 Å². The van der Waals surface area contributed by atoms with Crippen molar-refractivity contribution in [3.05, 3.63) is 35.1 Å². The van der Waals surface area contributed by atoms with Crippen LogP contribution < -0.4 is 5.32 Å². The second kappa shape index (κ2) is 7.82. The van der Waals surface area contributed by atoms with Crippen LogP contribution in [0.2, 0.25) is 0 Å². The molecule has 1 unspecified atom stereocenters. The average Bonchev–Trinajstić information content (AvgIpc) is 2.36. The van der Waals surface area contributed by atoms with Gasteiger partial charge in [-0.05, 0) is 31.4 Å². The van der Waals surface area contributed by atoms with Crippen molar-refractivity contribution in [3.63, 3.8) is 0 Å². The van der Waals surface area contributed by atoms with Gasteiger partial charge < -0.3 is 10.4 Å². The molecule has 102 valence electrons. The standard InChI is InChI=1S/C14H16FNO2S/c1-10(9-19-2)16-14(18)13-6-5-12(15)8-11(13)4-3-7-17/h5-6,8,10,17H,7,9H2,1-2H3,(H,16,18). The molecule has 0 bridgehead atoms. The van der Waals surface area contributed by atoms with Crippen molar-refractivity contribution in [1.29, 1.82) is 0 Å². The highest BCUT2D eigenvalue weighted by Gasteiger charge is 2.13. The fourth-order valence-corrected chi connectivity index (χ4v) is 2.13. The quantitative estimate of drug-likeness (QED) is 0.825. The first-order chi connectivity index (χ1) is 9.08. The van der Waals surface area contributed by atoms with E-state index in [1.54, 1.807) is 11.8 Å². The highest BCUT2D eigenvalue weighted by atomic mass is 32.2. The Morgan fingerprint density at radius 1 is 1.58 bits per heavy atom. The molecule has 1 atom stereocenters. The van der Waals surface area contributed by atoms with E-state index in [0.29, 0.717) is 5.56 Å². The second-order valence-electron chi connectivity index (χ2n) is 3.98. The van der Waals surface area contributed by atoms with Gasteiger partial charge in [0.15, 0.2) is 0 Å². The summed E-state index contributed by atoms with van der Waals surface area (Å²) in [5.41, 5.74) is 0.596. The molecular weight excluding hydrogens is 265 g/mol. The summed E-state index contributed by atoms with van der Waals surface area (Å²) in [7, 11) is 0. The predicted molar refractivity (Wildman–Crippen MR) is 75.7 cm³/mol. The first kappa shape index (κ1) is 15.5. The minimum atomic E-state index is -0.462. The van der Waals surface area contributed by atoms with Crippen molar-refractivity contribution in [2.24, 2.45) is 0 Å². The molecule has 1 aromatic carbocycles. The van der Waals surface area contributed by atoms with Gasteiger partial charge in [0.2, 0.25) is 0 Å². The smallest absolute Gasteiger partial charge is 0.252 e. The minimum Gasteiger partial charge on any atom is -0.384 e. The lowest BCUT2D eigenvalue weighted by atomic mass is 10.1. The summed E-state index contributed by atoms with van der Waals surface area (Å²) < 4.78 is 13.2. The Kier molecular flexibility index (Phi) is 6.40. The number of aliphatic hydroxyl groups is 1. The molecule has 0 saturated heterocycles. The van der Waals surface area contributed by atoms with Crippen LogP contribution in [0.1, 0.15) is 22.8 Å². The number of benzene rings is 1. The van der Waals surface area contributed by atoms with Crippen molar-refractivity contribution in [2.45, 2.75) is 13.0 Å². The van der Waals surface area contributed by atoms with Crippen molar-refractivity contribution in [1.82, 2.24) is 5.32 Å². The molecule has 1 aromatic rings. The molecule has 2 N–H and O–H groups in total. The second-order valence-corrected chi connectivity index (χ2v) is 4.89. The average molecular weight is 281 g/mol. The Bertz CT molecular complexity index is 508. The van der Waals surface area contributed by atoms with E-state index in [4.69, 9.17) is 5.11 Å². The SMILES string of the molecule is CSCC(C)NC(=O)c1ccc(F)cc1C#CCO. The van der Waals surface area contributed by atoms with Gasteiger partial charge in [-0.15, -0.1) is 0 Å². The third-order valence-corrected chi connectivity index (χ3v) is 3.16. The number of amides is 1. The Labute approximate surface area is 116 Å². The van der Waals surface area contributed by atoms with E-state index < -0.39 is 5.82 Å². The maximum Gasteiger partial charge on any atom is 0.252 e. The Balaban J connectivity index is 2.95. The fraction of sp³-hybridized carbons (Fsp3) is 0.357. The van der Waals surface area contributed by atoms with Crippen LogP contribution in [0.25, 0.3) is 0 Å². The lowest BCUT2D eigenvalue weighted by Crippen LogP contribution is -2.34. The molecule has 0 aliphatic rings. The number of halogens is 1. The number of aliphatic hydroxyl groups excluding tert-OH is 1. The number of thioether (sulfide) groups is 1. The van der Waals surface area contributed by atoms with Crippen LogP contribution in [-0.4, -0.2) is 35.7 Å². The summed E-state index contributed by atoms with van der Waals surface area (Å²) in [6, 6.07) is 3.83. The van der Waals surface area contributed by atoms with Gasteiger partial charge in [-0.2, -0.15) is 11.8 Å². The van der Waals surface area contributed by atoms with E-state index in [2.05, 4.69) is 17.2 Å². The van der Waals surface area contributed by atoms with E-state index in [0.717, 1.165) is 5.75 Å². The van der Waals surface area contributed by atoms with E-state index >= 15 is 0 Å². The molecule has 5 heteroatoms. The molecule has 0 radical (unpaired) electrons. The maximum atomic E-state index is 13.2. The van der Waals surface area contributed by atoms with Crippen molar-refractivity contribution in [2.75, 3.05) is 18.6 Å². The minimum absolute atomic E-state index is 0.0196. The van der Waals surface area contributed by atoms with Crippen molar-refractivity contribution >= 4 is 17.7 Å². The highest BCUT2D eigenvalue weighted by molar-refractivity contribution is 7.98. The molecule has 0 saturated carbocycles. The van der Waals surface area contributed by atoms with Crippen LogP contribution in [-0.2, 0) is 0 Å². The van der Waals surface area contributed by atoms with Crippen molar-refractivity contribution in [3.8, 4) is 11.8 Å². The molecule has 0 aromatic heterocycles. The van der Waals surface area contributed by atoms with Gasteiger partial charge in [0.05, 0.1) is 5.56 Å². The summed E-state index contributed by atoms with van der Waals surface area (Å²) in [5, 5.41) is 11.5. The number of carbonyl (C=O) groups is 1. The first-order valence-electron chi connectivity index (χ1n) is 5.77. The molecule has 0 spiro atoms. The van der Waals surface area contributed by atoms with Crippen LogP contribution in [0.3, 0.4) is 0 Å². The maximum absolute atomic E-state index is 13.2. The molecule has 3 nitrogen and oxygen atoms in total. The summed E-state index contributed by atoms with van der Waals surface area (Å²) in [6.07, 6.45) is 1.96. The zero-order valence-corrected chi connectivity index (χ0v) is 11.7. The van der Waals surface area contributed by atoms with E-state index in [1.807, 2.05) is 13.2 Å². The number of nitrogens with one attached hydrogen (secondary N) is 1. The first-order valence-corrected chi connectivity index (χ1v) is 7.17. The van der Waals surface area contributed by atoms with Gasteiger partial charge in [-0.3, -0.25) is 4.79 Å². The molecule has 0 heterocycles. The lowest BCUT2D eigenvalue weighted by Gasteiger charge is -2.13.